The first-order valence-corrected chi connectivity index (χ1v) is 5.68. The Morgan fingerprint density at radius 1 is 1.53 bits per heavy atom. The Kier molecular flexibility index (Phi) is 3.24. The summed E-state index contributed by atoms with van der Waals surface area (Å²) in [6, 6.07) is 5.55. The van der Waals surface area contributed by atoms with Gasteiger partial charge in [-0.15, -0.1) is 0 Å². The SMILES string of the molecule is CCOC(=O)Nc1ccc2c(c1)c(Cl)cn2C. The number of halogens is 1. The molecular weight excluding hydrogens is 240 g/mol. The second-order valence-corrected chi connectivity index (χ2v) is 4.07. The largest absolute Gasteiger partial charge is 0.450 e. The summed E-state index contributed by atoms with van der Waals surface area (Å²) in [5.41, 5.74) is 1.69. The van der Waals surface area contributed by atoms with Crippen molar-refractivity contribution >= 4 is 34.3 Å². The number of anilines is 1. The summed E-state index contributed by atoms with van der Waals surface area (Å²) in [5, 5.41) is 4.21. The van der Waals surface area contributed by atoms with E-state index in [1.807, 2.05) is 36.0 Å². The highest BCUT2D eigenvalue weighted by Gasteiger charge is 2.07. The fourth-order valence-electron chi connectivity index (χ4n) is 1.71. The Bertz CT molecular complexity index is 563. The summed E-state index contributed by atoms with van der Waals surface area (Å²) in [5.74, 6) is 0. The van der Waals surface area contributed by atoms with E-state index in [4.69, 9.17) is 16.3 Å². The number of aryl methyl sites for hydroxylation is 1. The lowest BCUT2D eigenvalue weighted by molar-refractivity contribution is 0.168. The lowest BCUT2D eigenvalue weighted by atomic mass is 10.2. The van der Waals surface area contributed by atoms with Gasteiger partial charge in [0.25, 0.3) is 0 Å². The minimum atomic E-state index is -0.459. The number of ether oxygens (including phenoxy) is 1. The van der Waals surface area contributed by atoms with E-state index in [0.29, 0.717) is 17.3 Å². The van der Waals surface area contributed by atoms with Crippen molar-refractivity contribution in [1.29, 1.82) is 0 Å². The van der Waals surface area contributed by atoms with Gasteiger partial charge in [0.2, 0.25) is 0 Å². The van der Waals surface area contributed by atoms with Gasteiger partial charge in [0, 0.05) is 29.8 Å². The van der Waals surface area contributed by atoms with Gasteiger partial charge in [0.1, 0.15) is 0 Å². The number of carbonyl (C=O) groups excluding carboxylic acids is 1. The van der Waals surface area contributed by atoms with Gasteiger partial charge in [0.15, 0.2) is 0 Å². The molecule has 0 aliphatic carbocycles. The quantitative estimate of drug-likeness (QED) is 0.890. The topological polar surface area (TPSA) is 43.3 Å². The van der Waals surface area contributed by atoms with Crippen LogP contribution in [0.3, 0.4) is 0 Å². The van der Waals surface area contributed by atoms with Crippen LogP contribution in [-0.4, -0.2) is 17.3 Å². The van der Waals surface area contributed by atoms with Crippen LogP contribution >= 0.6 is 11.6 Å². The Hall–Kier alpha value is -1.68. The molecule has 0 spiro atoms. The summed E-state index contributed by atoms with van der Waals surface area (Å²) in [6.45, 7) is 2.11. The van der Waals surface area contributed by atoms with E-state index in [2.05, 4.69) is 5.32 Å². The normalized spacial score (nSPS) is 10.5. The molecule has 0 saturated heterocycles. The third-order valence-electron chi connectivity index (χ3n) is 2.46. The lowest BCUT2D eigenvalue weighted by Crippen LogP contribution is -2.13. The smallest absolute Gasteiger partial charge is 0.411 e. The molecule has 2 rings (SSSR count). The van der Waals surface area contributed by atoms with Gasteiger partial charge in [-0.3, -0.25) is 5.32 Å². The molecule has 0 bridgehead atoms. The van der Waals surface area contributed by atoms with Crippen LogP contribution in [0.15, 0.2) is 24.4 Å². The molecule has 4 nitrogen and oxygen atoms in total. The Morgan fingerprint density at radius 3 is 3.00 bits per heavy atom. The minimum absolute atomic E-state index is 0.347. The minimum Gasteiger partial charge on any atom is -0.450 e. The Balaban J connectivity index is 2.31. The molecule has 0 saturated carbocycles. The van der Waals surface area contributed by atoms with Crippen LogP contribution in [0.5, 0.6) is 0 Å². The van der Waals surface area contributed by atoms with Crippen molar-refractivity contribution in [1.82, 2.24) is 4.57 Å². The van der Waals surface area contributed by atoms with Crippen molar-refractivity contribution in [2.45, 2.75) is 6.92 Å². The molecule has 0 atom stereocenters. The number of rotatable bonds is 2. The number of nitrogens with one attached hydrogen (secondary N) is 1. The summed E-state index contributed by atoms with van der Waals surface area (Å²) in [6.07, 6.45) is 1.37. The van der Waals surface area contributed by atoms with Crippen molar-refractivity contribution in [2.75, 3.05) is 11.9 Å². The molecule has 1 heterocycles. The molecule has 0 unspecified atom stereocenters. The predicted molar refractivity (Wildman–Crippen MR) is 68.6 cm³/mol. The van der Waals surface area contributed by atoms with Crippen LogP contribution in [0, 0.1) is 0 Å². The number of carbonyl (C=O) groups is 1. The lowest BCUT2D eigenvalue weighted by Gasteiger charge is -2.05. The van der Waals surface area contributed by atoms with E-state index in [1.54, 1.807) is 6.92 Å². The summed E-state index contributed by atoms with van der Waals surface area (Å²) in [4.78, 5) is 11.3. The standard InChI is InChI=1S/C12H13ClN2O2/c1-3-17-12(16)14-8-4-5-11-9(6-8)10(13)7-15(11)2/h4-7H,3H2,1-2H3,(H,14,16). The van der Waals surface area contributed by atoms with Crippen molar-refractivity contribution in [3.05, 3.63) is 29.4 Å². The van der Waals surface area contributed by atoms with Crippen LogP contribution in [0.25, 0.3) is 10.9 Å². The number of hydrogen-bond donors (Lipinski definition) is 1. The molecule has 1 aromatic heterocycles. The summed E-state index contributed by atoms with van der Waals surface area (Å²) >= 11 is 6.08. The van der Waals surface area contributed by atoms with Crippen LogP contribution in [0.1, 0.15) is 6.92 Å². The molecule has 0 aliphatic rings. The average Bonchev–Trinajstić information content (AvgIpc) is 2.55. The van der Waals surface area contributed by atoms with Gasteiger partial charge in [-0.2, -0.15) is 0 Å². The maximum absolute atomic E-state index is 11.3. The van der Waals surface area contributed by atoms with Crippen LogP contribution in [0.2, 0.25) is 5.02 Å². The zero-order valence-electron chi connectivity index (χ0n) is 9.66. The van der Waals surface area contributed by atoms with E-state index in [-0.39, 0.29) is 0 Å². The van der Waals surface area contributed by atoms with Gasteiger partial charge < -0.3 is 9.30 Å². The highest BCUT2D eigenvalue weighted by atomic mass is 35.5. The second-order valence-electron chi connectivity index (χ2n) is 3.67. The van der Waals surface area contributed by atoms with Crippen molar-refractivity contribution in [3.63, 3.8) is 0 Å². The fourth-order valence-corrected chi connectivity index (χ4v) is 2.00. The first-order valence-electron chi connectivity index (χ1n) is 5.30. The maximum atomic E-state index is 11.3. The van der Waals surface area contributed by atoms with Crippen LogP contribution < -0.4 is 5.32 Å². The van der Waals surface area contributed by atoms with E-state index in [0.717, 1.165) is 10.9 Å². The number of aromatic nitrogens is 1. The zero-order chi connectivity index (χ0) is 12.4. The number of hydrogen-bond acceptors (Lipinski definition) is 2. The molecule has 1 N–H and O–H groups in total. The molecular formula is C12H13ClN2O2. The molecule has 1 amide bonds. The first kappa shape index (κ1) is 11.8. The van der Waals surface area contributed by atoms with Crippen LogP contribution in [-0.2, 0) is 11.8 Å². The highest BCUT2D eigenvalue weighted by Crippen LogP contribution is 2.27. The van der Waals surface area contributed by atoms with Gasteiger partial charge in [-0.25, -0.2) is 4.79 Å². The number of nitrogens with zero attached hydrogens (tertiary/aromatic N) is 1. The Morgan fingerprint density at radius 2 is 2.29 bits per heavy atom. The Labute approximate surface area is 104 Å². The van der Waals surface area contributed by atoms with Crippen molar-refractivity contribution < 1.29 is 9.53 Å². The number of benzene rings is 1. The molecule has 0 radical (unpaired) electrons. The average molecular weight is 253 g/mol. The van der Waals surface area contributed by atoms with Gasteiger partial charge >= 0.3 is 6.09 Å². The molecule has 0 aliphatic heterocycles. The van der Waals surface area contributed by atoms with E-state index >= 15 is 0 Å². The highest BCUT2D eigenvalue weighted by molar-refractivity contribution is 6.35. The van der Waals surface area contributed by atoms with E-state index < -0.39 is 6.09 Å². The van der Waals surface area contributed by atoms with Crippen molar-refractivity contribution in [3.8, 4) is 0 Å². The van der Waals surface area contributed by atoms with Gasteiger partial charge in [0.05, 0.1) is 11.6 Å². The maximum Gasteiger partial charge on any atom is 0.411 e. The third-order valence-corrected chi connectivity index (χ3v) is 2.76. The third kappa shape index (κ3) is 2.36. The van der Waals surface area contributed by atoms with Crippen LogP contribution in [0.4, 0.5) is 10.5 Å². The predicted octanol–water partition coefficient (Wildman–Crippen LogP) is 3.40. The van der Waals surface area contributed by atoms with Gasteiger partial charge in [-0.05, 0) is 25.1 Å². The van der Waals surface area contributed by atoms with E-state index in [9.17, 15) is 4.79 Å². The molecule has 0 fully saturated rings. The zero-order valence-corrected chi connectivity index (χ0v) is 10.4. The van der Waals surface area contributed by atoms with Gasteiger partial charge in [-0.1, -0.05) is 11.6 Å². The van der Waals surface area contributed by atoms with E-state index in [1.165, 1.54) is 0 Å². The molecule has 2 aromatic rings. The fraction of sp³-hybridized carbons (Fsp3) is 0.250. The molecule has 17 heavy (non-hydrogen) atoms. The monoisotopic (exact) mass is 252 g/mol. The number of fused-ring (bicyclic) bond motifs is 1. The second kappa shape index (κ2) is 4.67. The summed E-state index contributed by atoms with van der Waals surface area (Å²) in [7, 11) is 1.92. The molecule has 5 heteroatoms. The molecule has 90 valence electrons. The summed E-state index contributed by atoms with van der Waals surface area (Å²) < 4.78 is 6.74. The first-order chi connectivity index (χ1) is 8.11. The molecule has 1 aromatic carbocycles. The van der Waals surface area contributed by atoms with Crippen molar-refractivity contribution in [2.24, 2.45) is 7.05 Å². The number of amides is 1.